The number of hydrogen-bond donors (Lipinski definition) is 3. The Kier molecular flexibility index (Phi) is 7.31. The van der Waals surface area contributed by atoms with E-state index in [-0.39, 0.29) is 13.0 Å². The predicted molar refractivity (Wildman–Crippen MR) is 92.5 cm³/mol. The zero-order chi connectivity index (χ0) is 19.3. The largest absolute Gasteiger partial charge is 0.444 e. The summed E-state index contributed by atoms with van der Waals surface area (Å²) < 4.78 is 16.9. The zero-order valence-corrected chi connectivity index (χ0v) is 15.5. The number of nitrogens with zero attached hydrogens (tertiary/aromatic N) is 1. The van der Waals surface area contributed by atoms with Crippen molar-refractivity contribution in [2.75, 3.05) is 0 Å². The average molecular weight is 372 g/mol. The molecular weight excluding hydrogens is 347 g/mol. The highest BCUT2D eigenvalue weighted by Crippen LogP contribution is 2.52. The number of carbonyl (C=O) groups excluding carboxylic acids is 2. The molecule has 4 N–H and O–H groups in total. The quantitative estimate of drug-likeness (QED) is 0.625. The predicted octanol–water partition coefficient (Wildman–Crippen LogP) is 2.19. The number of amides is 2. The van der Waals surface area contributed by atoms with Crippen molar-refractivity contribution in [3.8, 4) is 0 Å². The van der Waals surface area contributed by atoms with E-state index in [1.807, 2.05) is 0 Å². The first-order valence-corrected chi connectivity index (χ1v) is 9.49. The molecule has 1 aromatic carbocycles. The lowest BCUT2D eigenvalue weighted by atomic mass is 10.1. The van der Waals surface area contributed by atoms with Crippen LogP contribution in [0.5, 0.6) is 0 Å². The van der Waals surface area contributed by atoms with Gasteiger partial charge in [0.2, 0.25) is 5.91 Å². The van der Waals surface area contributed by atoms with Crippen molar-refractivity contribution in [3.05, 3.63) is 35.9 Å². The molecule has 0 saturated carbocycles. The molecule has 2 amide bonds. The molecule has 0 fully saturated rings. The van der Waals surface area contributed by atoms with Crippen LogP contribution in [0, 0.1) is 0 Å². The summed E-state index contributed by atoms with van der Waals surface area (Å²) in [4.78, 5) is 44.6. The molecule has 0 aliphatic rings. The van der Waals surface area contributed by atoms with Gasteiger partial charge >= 0.3 is 13.7 Å². The minimum absolute atomic E-state index is 0.135. The number of carbonyl (C=O) groups is 2. The van der Waals surface area contributed by atoms with Gasteiger partial charge in [-0.2, -0.15) is 0 Å². The fourth-order valence-corrected chi connectivity index (χ4v) is 2.54. The smallest absolute Gasteiger partial charge is 0.417 e. The second kappa shape index (κ2) is 8.58. The summed E-state index contributed by atoms with van der Waals surface area (Å²) >= 11 is 0. The summed E-state index contributed by atoms with van der Waals surface area (Å²) in [5, 5.41) is -2.08. The van der Waals surface area contributed by atoms with Crippen LogP contribution in [0.25, 0.3) is 0 Å². The molecule has 1 aromatic rings. The number of imide groups is 1. The molecule has 9 heteroatoms. The van der Waals surface area contributed by atoms with Crippen LogP contribution in [0.1, 0.15) is 39.2 Å². The Morgan fingerprint density at radius 2 is 1.84 bits per heavy atom. The minimum atomic E-state index is -4.84. The lowest BCUT2D eigenvalue weighted by molar-refractivity contribution is -0.134. The molecule has 0 aromatic heterocycles. The van der Waals surface area contributed by atoms with E-state index in [9.17, 15) is 23.9 Å². The molecule has 0 heterocycles. The van der Waals surface area contributed by atoms with E-state index < -0.39 is 30.9 Å². The molecule has 1 rings (SSSR count). The Balaban J connectivity index is 3.07. The molecule has 140 valence electrons. The molecule has 0 unspecified atom stereocenters. The maximum Gasteiger partial charge on any atom is 0.417 e. The van der Waals surface area contributed by atoms with Crippen LogP contribution in [0.4, 0.5) is 4.79 Å². The average Bonchev–Trinajstić information content (AvgIpc) is 2.53. The fraction of sp³-hybridized carbons (Fsp3) is 0.500. The van der Waals surface area contributed by atoms with Gasteiger partial charge in [0.1, 0.15) is 11.9 Å². The Labute approximate surface area is 147 Å². The van der Waals surface area contributed by atoms with Crippen LogP contribution in [-0.2, 0) is 20.7 Å². The Morgan fingerprint density at radius 1 is 1.28 bits per heavy atom. The monoisotopic (exact) mass is 372 g/mol. The third-order valence-corrected chi connectivity index (χ3v) is 5.41. The van der Waals surface area contributed by atoms with Gasteiger partial charge in [-0.1, -0.05) is 43.7 Å². The molecule has 8 nitrogen and oxygen atoms in total. The van der Waals surface area contributed by atoms with E-state index >= 15 is 0 Å². The van der Waals surface area contributed by atoms with Crippen LogP contribution in [0.15, 0.2) is 30.3 Å². The van der Waals surface area contributed by atoms with Crippen molar-refractivity contribution in [2.45, 2.75) is 51.5 Å². The van der Waals surface area contributed by atoms with Crippen LogP contribution in [0.3, 0.4) is 0 Å². The van der Waals surface area contributed by atoms with Crippen molar-refractivity contribution in [2.24, 2.45) is 5.73 Å². The second-order valence-electron chi connectivity index (χ2n) is 6.15. The van der Waals surface area contributed by atoms with E-state index in [0.717, 1.165) is 13.8 Å². The molecule has 25 heavy (non-hydrogen) atoms. The topological polar surface area (TPSA) is 130 Å². The number of rotatable bonds is 7. The maximum atomic E-state index is 12.5. The lowest BCUT2D eigenvalue weighted by Gasteiger charge is -2.37. The fourth-order valence-electron chi connectivity index (χ4n) is 2.10. The number of hydrogen-bond acceptors (Lipinski definition) is 5. The molecule has 0 radical (unpaired) electrons. The number of ether oxygens (including phenoxy) is 1. The van der Waals surface area contributed by atoms with E-state index in [1.165, 1.54) is 0 Å². The SMILES string of the molecule is CCC[C@H](N)C(=O)N(C(=O)OCc1ccccc1)C(C)(C)P(=O)(O)O. The lowest BCUT2D eigenvalue weighted by Crippen LogP contribution is -2.56. The Hall–Kier alpha value is -1.73. The van der Waals surface area contributed by atoms with Gasteiger partial charge in [-0.05, 0) is 25.8 Å². The molecule has 0 aliphatic heterocycles. The highest BCUT2D eigenvalue weighted by molar-refractivity contribution is 7.53. The van der Waals surface area contributed by atoms with Crippen LogP contribution >= 0.6 is 7.60 Å². The van der Waals surface area contributed by atoms with E-state index in [2.05, 4.69) is 0 Å². The summed E-state index contributed by atoms with van der Waals surface area (Å²) in [6.45, 7) is 3.88. The summed E-state index contributed by atoms with van der Waals surface area (Å²) in [6.07, 6.45) is -0.289. The van der Waals surface area contributed by atoms with Gasteiger partial charge in [-0.15, -0.1) is 0 Å². The summed E-state index contributed by atoms with van der Waals surface area (Å²) in [6, 6.07) is 7.68. The molecule has 0 spiro atoms. The molecule has 0 bridgehead atoms. The number of nitrogens with two attached hydrogens (primary N) is 1. The van der Waals surface area contributed by atoms with Crippen molar-refractivity contribution < 1.29 is 28.7 Å². The summed E-state index contributed by atoms with van der Waals surface area (Å²) in [5.41, 5.74) is 6.44. The third-order valence-electron chi connectivity index (χ3n) is 3.79. The van der Waals surface area contributed by atoms with Crippen LogP contribution in [0.2, 0.25) is 0 Å². The molecular formula is C16H25N2O6P. The van der Waals surface area contributed by atoms with Crippen molar-refractivity contribution in [3.63, 3.8) is 0 Å². The minimum Gasteiger partial charge on any atom is -0.444 e. The van der Waals surface area contributed by atoms with Gasteiger partial charge in [0.15, 0.2) is 0 Å². The van der Waals surface area contributed by atoms with E-state index in [0.29, 0.717) is 16.9 Å². The standard InChI is InChI=1S/C16H25N2O6P/c1-4-8-13(17)14(19)18(16(2,3)25(21,22)23)15(20)24-11-12-9-6-5-7-10-12/h5-7,9-10,13H,4,8,11,17H2,1-3H3,(H2,21,22,23)/t13-/m0/s1. The van der Waals surface area contributed by atoms with Gasteiger partial charge in [-0.3, -0.25) is 9.36 Å². The first-order chi connectivity index (χ1) is 11.5. The first-order valence-electron chi connectivity index (χ1n) is 7.88. The maximum absolute atomic E-state index is 12.5. The van der Waals surface area contributed by atoms with Gasteiger partial charge in [0, 0.05) is 0 Å². The highest BCUT2D eigenvalue weighted by Gasteiger charge is 2.50. The van der Waals surface area contributed by atoms with Gasteiger partial charge in [-0.25, -0.2) is 9.69 Å². The molecule has 0 saturated heterocycles. The number of benzene rings is 1. The first kappa shape index (κ1) is 21.3. The Morgan fingerprint density at radius 3 is 2.32 bits per heavy atom. The summed E-state index contributed by atoms with van der Waals surface area (Å²) in [7, 11) is -4.84. The van der Waals surface area contributed by atoms with Crippen molar-refractivity contribution >= 4 is 19.6 Å². The normalized spacial score (nSPS) is 13.2. The van der Waals surface area contributed by atoms with E-state index in [1.54, 1.807) is 37.3 Å². The van der Waals surface area contributed by atoms with Crippen molar-refractivity contribution in [1.82, 2.24) is 4.90 Å². The summed E-state index contributed by atoms with van der Waals surface area (Å²) in [5.74, 6) is -0.881. The van der Waals surface area contributed by atoms with Gasteiger partial charge < -0.3 is 20.3 Å². The third kappa shape index (κ3) is 5.37. The molecule has 1 atom stereocenters. The molecule has 0 aliphatic carbocycles. The van der Waals surface area contributed by atoms with Gasteiger partial charge in [0.25, 0.3) is 0 Å². The van der Waals surface area contributed by atoms with Crippen LogP contribution < -0.4 is 5.73 Å². The van der Waals surface area contributed by atoms with Gasteiger partial charge in [0.05, 0.1) is 6.04 Å². The van der Waals surface area contributed by atoms with Crippen molar-refractivity contribution in [1.29, 1.82) is 0 Å². The van der Waals surface area contributed by atoms with Crippen LogP contribution in [-0.4, -0.2) is 38.0 Å². The van der Waals surface area contributed by atoms with E-state index in [4.69, 9.17) is 10.5 Å². The second-order valence-corrected chi connectivity index (χ2v) is 8.33. The highest BCUT2D eigenvalue weighted by atomic mass is 31.2. The Bertz CT molecular complexity index is 643. The zero-order valence-electron chi connectivity index (χ0n) is 14.6.